The fraction of sp³-hybridized carbons (Fsp3) is 0.562. The van der Waals surface area contributed by atoms with Crippen LogP contribution in [0.15, 0.2) is 24.3 Å². The van der Waals surface area contributed by atoms with E-state index >= 15 is 0 Å². The maximum atomic E-state index is 13.1. The summed E-state index contributed by atoms with van der Waals surface area (Å²) < 4.78 is 49.7. The Hall–Kier alpha value is -1.54. The van der Waals surface area contributed by atoms with Crippen LogP contribution >= 0.6 is 0 Å². The van der Waals surface area contributed by atoms with Gasteiger partial charge in [0.05, 0.1) is 23.1 Å². The quantitative estimate of drug-likeness (QED) is 0.864. The molecule has 2 N–H and O–H groups in total. The summed E-state index contributed by atoms with van der Waals surface area (Å²) in [6.45, 7) is 4.42. The average Bonchev–Trinajstić information content (AvgIpc) is 2.80. The van der Waals surface area contributed by atoms with Gasteiger partial charge in [-0.1, -0.05) is 12.1 Å². The Morgan fingerprint density at radius 3 is 2.33 bits per heavy atom. The van der Waals surface area contributed by atoms with Crippen molar-refractivity contribution in [3.8, 4) is 0 Å². The molecular weight excluding hydrogens is 338 g/mol. The first-order valence-electron chi connectivity index (χ1n) is 7.63. The molecule has 8 heteroatoms. The minimum absolute atomic E-state index is 0.0961. The molecule has 24 heavy (non-hydrogen) atoms. The Morgan fingerprint density at radius 2 is 1.88 bits per heavy atom. The minimum atomic E-state index is -3.29. The highest BCUT2D eigenvalue weighted by atomic mass is 32.2. The zero-order valence-electron chi connectivity index (χ0n) is 13.9. The van der Waals surface area contributed by atoms with Crippen LogP contribution in [0.25, 0.3) is 0 Å². The highest BCUT2D eigenvalue weighted by Crippen LogP contribution is 2.26. The first kappa shape index (κ1) is 18.8. The van der Waals surface area contributed by atoms with E-state index in [1.54, 1.807) is 45.0 Å². The molecular formula is C16H22F2N2O3S. The summed E-state index contributed by atoms with van der Waals surface area (Å²) in [6.07, 6.45) is -0.527. The van der Waals surface area contributed by atoms with Crippen LogP contribution in [0.4, 0.5) is 14.5 Å². The monoisotopic (exact) mass is 360 g/mol. The number of rotatable bonds is 4. The number of amides is 1. The van der Waals surface area contributed by atoms with Crippen molar-refractivity contribution in [1.82, 2.24) is 5.32 Å². The number of alkyl halides is 2. The lowest BCUT2D eigenvalue weighted by atomic mass is 10.1. The molecule has 0 bridgehead atoms. The van der Waals surface area contributed by atoms with Gasteiger partial charge in [0.25, 0.3) is 5.92 Å². The van der Waals surface area contributed by atoms with Crippen LogP contribution in [0.5, 0.6) is 0 Å². The molecule has 0 aromatic heterocycles. The maximum Gasteiger partial charge on any atom is 0.262 e. The number of sulfone groups is 1. The van der Waals surface area contributed by atoms with Gasteiger partial charge >= 0.3 is 0 Å². The number of benzene rings is 1. The van der Waals surface area contributed by atoms with Crippen molar-refractivity contribution in [2.45, 2.75) is 49.7 Å². The van der Waals surface area contributed by atoms with Crippen LogP contribution in [-0.4, -0.2) is 37.6 Å². The summed E-state index contributed by atoms with van der Waals surface area (Å²) in [5.41, 5.74) is 1.04. The molecule has 0 aliphatic carbocycles. The van der Waals surface area contributed by atoms with Gasteiger partial charge in [-0.25, -0.2) is 17.2 Å². The predicted molar refractivity (Wildman–Crippen MR) is 88.8 cm³/mol. The van der Waals surface area contributed by atoms with Gasteiger partial charge < -0.3 is 5.32 Å². The van der Waals surface area contributed by atoms with Gasteiger partial charge in [-0.15, -0.1) is 0 Å². The van der Waals surface area contributed by atoms with E-state index in [1.807, 2.05) is 0 Å². The van der Waals surface area contributed by atoms with Crippen molar-refractivity contribution < 1.29 is 22.0 Å². The second-order valence-corrected chi connectivity index (χ2v) is 9.79. The summed E-state index contributed by atoms with van der Waals surface area (Å²) in [5.74, 6) is -3.49. The molecule has 1 aliphatic heterocycles. The number of anilines is 1. The summed E-state index contributed by atoms with van der Waals surface area (Å²) in [7, 11) is -3.29. The first-order chi connectivity index (χ1) is 10.9. The Kier molecular flexibility index (Phi) is 5.01. The fourth-order valence-electron chi connectivity index (χ4n) is 2.25. The van der Waals surface area contributed by atoms with E-state index in [2.05, 4.69) is 10.6 Å². The van der Waals surface area contributed by atoms with Crippen LogP contribution in [0.1, 0.15) is 32.8 Å². The van der Waals surface area contributed by atoms with E-state index in [0.29, 0.717) is 11.3 Å². The number of carbonyl (C=O) groups is 1. The van der Waals surface area contributed by atoms with E-state index in [1.165, 1.54) is 0 Å². The third-order valence-electron chi connectivity index (χ3n) is 3.94. The van der Waals surface area contributed by atoms with Crippen LogP contribution in [0, 0.1) is 0 Å². The number of hydrogen-bond donors (Lipinski definition) is 2. The molecule has 1 unspecified atom stereocenters. The van der Waals surface area contributed by atoms with Crippen LogP contribution in [0.3, 0.4) is 0 Å². The molecule has 0 radical (unpaired) electrons. The molecule has 1 atom stereocenters. The molecule has 134 valence electrons. The molecule has 1 aromatic carbocycles. The van der Waals surface area contributed by atoms with Gasteiger partial charge in [0.15, 0.2) is 9.84 Å². The first-order valence-corrected chi connectivity index (χ1v) is 9.28. The van der Waals surface area contributed by atoms with Crippen molar-refractivity contribution in [1.29, 1.82) is 0 Å². The van der Waals surface area contributed by atoms with Gasteiger partial charge in [0, 0.05) is 12.1 Å². The summed E-state index contributed by atoms with van der Waals surface area (Å²) in [4.78, 5) is 11.9. The van der Waals surface area contributed by atoms with Gasteiger partial charge in [-0.05, 0) is 38.5 Å². The highest BCUT2D eigenvalue weighted by molar-refractivity contribution is 7.91. The second kappa shape index (κ2) is 6.40. The van der Waals surface area contributed by atoms with Gasteiger partial charge in [-0.3, -0.25) is 10.1 Å². The van der Waals surface area contributed by atoms with Crippen molar-refractivity contribution in [3.05, 3.63) is 29.8 Å². The van der Waals surface area contributed by atoms with Crippen molar-refractivity contribution in [2.75, 3.05) is 11.9 Å². The average molecular weight is 360 g/mol. The van der Waals surface area contributed by atoms with E-state index < -0.39 is 45.4 Å². The number of nitrogens with one attached hydrogen (secondary N) is 2. The molecule has 1 aliphatic rings. The lowest BCUT2D eigenvalue weighted by Crippen LogP contribution is -2.35. The third kappa shape index (κ3) is 4.51. The SMILES string of the molecule is CC(C)(C)S(=O)(=O)Cc1ccc(NC(=O)C2CC(F)(F)CN2)cc1. The van der Waals surface area contributed by atoms with E-state index in [9.17, 15) is 22.0 Å². The zero-order valence-corrected chi connectivity index (χ0v) is 14.7. The van der Waals surface area contributed by atoms with Gasteiger partial charge in [0.1, 0.15) is 0 Å². The topological polar surface area (TPSA) is 75.3 Å². The van der Waals surface area contributed by atoms with E-state index in [0.717, 1.165) is 0 Å². The minimum Gasteiger partial charge on any atom is -0.325 e. The smallest absolute Gasteiger partial charge is 0.262 e. The van der Waals surface area contributed by atoms with Crippen LogP contribution in [0.2, 0.25) is 0 Å². The van der Waals surface area contributed by atoms with Crippen molar-refractivity contribution in [3.63, 3.8) is 0 Å². The molecule has 0 saturated carbocycles. The van der Waals surface area contributed by atoms with Crippen molar-refractivity contribution >= 4 is 21.4 Å². The van der Waals surface area contributed by atoms with E-state index in [4.69, 9.17) is 0 Å². The Bertz CT molecular complexity index is 710. The molecule has 1 saturated heterocycles. The summed E-state index contributed by atoms with van der Waals surface area (Å²) >= 11 is 0. The lowest BCUT2D eigenvalue weighted by molar-refractivity contribution is -0.118. The highest BCUT2D eigenvalue weighted by Gasteiger charge is 2.42. The molecule has 1 fully saturated rings. The number of carbonyl (C=O) groups excluding carboxylic acids is 1. The van der Waals surface area contributed by atoms with Crippen LogP contribution < -0.4 is 10.6 Å². The fourth-order valence-corrected chi connectivity index (χ4v) is 3.31. The largest absolute Gasteiger partial charge is 0.325 e. The molecule has 1 heterocycles. The Morgan fingerprint density at radius 1 is 1.29 bits per heavy atom. The summed E-state index contributed by atoms with van der Waals surface area (Å²) in [6, 6.07) is 5.42. The normalized spacial score (nSPS) is 20.8. The van der Waals surface area contributed by atoms with E-state index in [-0.39, 0.29) is 5.75 Å². The molecule has 1 amide bonds. The lowest BCUT2D eigenvalue weighted by Gasteiger charge is -2.19. The maximum absolute atomic E-state index is 13.1. The zero-order chi connectivity index (χ0) is 18.2. The predicted octanol–water partition coefficient (Wildman–Crippen LogP) is 2.34. The Balaban J connectivity index is 1.99. The molecule has 2 rings (SSSR count). The third-order valence-corrected chi connectivity index (χ3v) is 6.52. The summed E-state index contributed by atoms with van der Waals surface area (Å²) in [5, 5.41) is 5.04. The second-order valence-electron chi connectivity index (χ2n) is 7.05. The van der Waals surface area contributed by atoms with Crippen molar-refractivity contribution in [2.24, 2.45) is 0 Å². The number of halogens is 2. The van der Waals surface area contributed by atoms with Gasteiger partial charge in [-0.2, -0.15) is 0 Å². The molecule has 5 nitrogen and oxygen atoms in total. The Labute approximate surface area is 140 Å². The molecule has 0 spiro atoms. The molecule has 1 aromatic rings. The number of hydrogen-bond acceptors (Lipinski definition) is 4. The van der Waals surface area contributed by atoms with Crippen LogP contribution in [-0.2, 0) is 20.4 Å². The van der Waals surface area contributed by atoms with Gasteiger partial charge in [0.2, 0.25) is 5.91 Å². The standard InChI is InChI=1S/C16H22F2N2O3S/c1-15(2,3)24(22,23)9-11-4-6-12(7-5-11)20-14(21)13-8-16(17,18)10-19-13/h4-7,13,19H,8-10H2,1-3H3,(H,20,21).